The van der Waals surface area contributed by atoms with Crippen LogP contribution in [0, 0.1) is 0 Å². The van der Waals surface area contributed by atoms with E-state index in [-0.39, 0.29) is 32.7 Å². The molecule has 0 N–H and O–H groups in total. The van der Waals surface area contributed by atoms with Gasteiger partial charge in [0.15, 0.2) is 12.4 Å². The summed E-state index contributed by atoms with van der Waals surface area (Å²) in [6.07, 6.45) is 84.9. The van der Waals surface area contributed by atoms with Crippen LogP contribution in [0.2, 0.25) is 0 Å². The van der Waals surface area contributed by atoms with Crippen molar-refractivity contribution in [1.82, 2.24) is 0 Å². The van der Waals surface area contributed by atoms with Crippen LogP contribution >= 0.6 is 0 Å². The van der Waals surface area contributed by atoms with Crippen molar-refractivity contribution in [2.75, 3.05) is 47.5 Å². The van der Waals surface area contributed by atoms with Crippen LogP contribution in [0.4, 0.5) is 0 Å². The second-order valence-corrected chi connectivity index (χ2v) is 19.1. The van der Waals surface area contributed by atoms with Gasteiger partial charge in [-0.05, 0) is 128 Å². The number of esters is 2. The number of likely N-dealkylation sites (N-methyl/N-ethyl adjacent to an activating group) is 1. The van der Waals surface area contributed by atoms with E-state index in [1.54, 1.807) is 0 Å². The van der Waals surface area contributed by atoms with Crippen LogP contribution < -0.4 is 5.11 Å². The number of allylic oxidation sites excluding steroid dienone is 32. The van der Waals surface area contributed by atoms with Crippen LogP contribution in [0.15, 0.2) is 194 Å². The number of ether oxygens (including phenoxy) is 4. The van der Waals surface area contributed by atoms with Crippen molar-refractivity contribution in [3.05, 3.63) is 194 Å². The number of nitrogens with zero attached hydrogens (tertiary/aromatic N) is 1. The van der Waals surface area contributed by atoms with E-state index >= 15 is 0 Å². The molecule has 0 aromatic carbocycles. The Morgan fingerprint density at radius 1 is 0.390 bits per heavy atom. The van der Waals surface area contributed by atoms with E-state index in [2.05, 4.69) is 196 Å². The Balaban J connectivity index is 4.54. The van der Waals surface area contributed by atoms with Crippen LogP contribution in [-0.4, -0.2) is 82.3 Å². The fourth-order valence-corrected chi connectivity index (χ4v) is 6.52. The molecule has 2 unspecified atom stereocenters. The summed E-state index contributed by atoms with van der Waals surface area (Å²) in [5.41, 5.74) is 0. The minimum absolute atomic E-state index is 0.115. The van der Waals surface area contributed by atoms with Crippen molar-refractivity contribution < 1.29 is 42.9 Å². The minimum Gasteiger partial charge on any atom is -0.545 e. The Kier molecular flexibility index (Phi) is 52.0. The molecule has 426 valence electrons. The Bertz CT molecular complexity index is 1960. The van der Waals surface area contributed by atoms with Gasteiger partial charge in [-0.3, -0.25) is 9.59 Å². The Hall–Kier alpha value is -5.87. The molecule has 2 atom stereocenters. The number of carboxylic acids is 1. The number of aliphatic carboxylic acids is 1. The molecule has 0 saturated heterocycles. The van der Waals surface area contributed by atoms with E-state index in [9.17, 15) is 19.5 Å². The largest absolute Gasteiger partial charge is 0.545 e. The predicted octanol–water partition coefficient (Wildman–Crippen LogP) is 15.8. The summed E-state index contributed by atoms with van der Waals surface area (Å²) in [6.45, 7) is 4.33. The number of hydrogen-bond donors (Lipinski definition) is 0. The van der Waals surface area contributed by atoms with Gasteiger partial charge in [0.1, 0.15) is 13.2 Å². The topological polar surface area (TPSA) is 111 Å². The summed E-state index contributed by atoms with van der Waals surface area (Å²) >= 11 is 0. The Morgan fingerprint density at radius 3 is 0.961 bits per heavy atom. The lowest BCUT2D eigenvalue weighted by atomic mass is 10.2. The van der Waals surface area contributed by atoms with Crippen LogP contribution in [-0.2, 0) is 33.3 Å². The average molecular weight is 1060 g/mol. The van der Waals surface area contributed by atoms with Gasteiger partial charge in [-0.15, -0.1) is 0 Å². The highest BCUT2D eigenvalue weighted by molar-refractivity contribution is 5.70. The number of carboxylic acid groups (broad SMARTS) is 1. The van der Waals surface area contributed by atoms with Crippen molar-refractivity contribution in [3.8, 4) is 0 Å². The molecule has 0 bridgehead atoms. The van der Waals surface area contributed by atoms with Gasteiger partial charge in [0, 0.05) is 12.8 Å². The van der Waals surface area contributed by atoms with Crippen LogP contribution in [0.3, 0.4) is 0 Å². The number of unbranched alkanes of at least 4 members (excludes halogenated alkanes) is 2. The zero-order chi connectivity index (χ0) is 56.2. The highest BCUT2D eigenvalue weighted by atomic mass is 16.7. The Labute approximate surface area is 468 Å². The summed E-state index contributed by atoms with van der Waals surface area (Å²) in [6, 6.07) is 0. The normalized spacial score (nSPS) is 14.2. The van der Waals surface area contributed by atoms with E-state index in [0.717, 1.165) is 103 Å². The molecule has 0 fully saturated rings. The number of carbonyl (C=O) groups excluding carboxylic acids is 3. The lowest BCUT2D eigenvalue weighted by Gasteiger charge is -2.26. The number of quaternary nitrogens is 1. The second kappa shape index (κ2) is 56.3. The molecular formula is C68H101NO8. The molecule has 0 aromatic heterocycles. The number of hydrogen-bond acceptors (Lipinski definition) is 8. The maximum Gasteiger partial charge on any atom is 0.306 e. The van der Waals surface area contributed by atoms with Gasteiger partial charge in [-0.25, -0.2) is 0 Å². The van der Waals surface area contributed by atoms with Crippen LogP contribution in [0.1, 0.15) is 155 Å². The van der Waals surface area contributed by atoms with Gasteiger partial charge in [-0.1, -0.05) is 208 Å². The molecule has 0 rings (SSSR count). The summed E-state index contributed by atoms with van der Waals surface area (Å²) in [7, 11) is 5.86. The van der Waals surface area contributed by atoms with Crippen molar-refractivity contribution in [3.63, 3.8) is 0 Å². The van der Waals surface area contributed by atoms with Crippen LogP contribution in [0.5, 0.6) is 0 Å². The first-order valence-corrected chi connectivity index (χ1v) is 28.6. The summed E-state index contributed by atoms with van der Waals surface area (Å²) in [4.78, 5) is 37.2. The lowest BCUT2D eigenvalue weighted by molar-refractivity contribution is -0.870. The maximum atomic E-state index is 12.8. The zero-order valence-corrected chi connectivity index (χ0v) is 48.2. The average Bonchev–Trinajstić information content (AvgIpc) is 3.40. The Morgan fingerprint density at radius 2 is 0.675 bits per heavy atom. The van der Waals surface area contributed by atoms with E-state index in [4.69, 9.17) is 18.9 Å². The molecule has 0 aliphatic rings. The predicted molar refractivity (Wildman–Crippen MR) is 324 cm³/mol. The molecule has 0 spiro atoms. The van der Waals surface area contributed by atoms with Crippen molar-refractivity contribution in [2.45, 2.75) is 167 Å². The maximum absolute atomic E-state index is 12.8. The van der Waals surface area contributed by atoms with Gasteiger partial charge in [0.05, 0.1) is 40.3 Å². The molecule has 0 radical (unpaired) electrons. The fraction of sp³-hybridized carbons (Fsp3) is 0.485. The first kappa shape index (κ1) is 71.1. The first-order valence-electron chi connectivity index (χ1n) is 28.6. The third-order valence-electron chi connectivity index (χ3n) is 10.8. The van der Waals surface area contributed by atoms with Crippen molar-refractivity contribution in [2.24, 2.45) is 0 Å². The molecule has 0 amide bonds. The standard InChI is InChI=1S/C68H101NO8/c1-6-8-10-12-14-16-18-20-22-24-26-28-30-31-32-33-34-35-37-39-41-43-45-47-49-51-53-55-57-59-66(71)77-64(63-76-68(67(72)73)74-61-60-69(3,4)5)62-75-65(70)58-56-54-52-50-48-46-44-42-40-38-36-29-27-25-23-21-19-17-15-13-11-9-7-2/h8-11,14-17,20-23,26-29,31-32,34-35,38-41,44-47,50-53,64,68H,6-7,12-13,18-19,24-25,30,33,36-37,42-43,48-49,54-63H2,1-5H3/b10-8-,11-9-,16-14-,17-15-,22-20-,23-21-,28-26-,29-27-,32-31-,35-34-,40-38-,41-39-,46-44-,47-45-,52-50-,53-51-. The zero-order valence-electron chi connectivity index (χ0n) is 48.2. The van der Waals surface area contributed by atoms with Crippen molar-refractivity contribution in [1.29, 1.82) is 0 Å². The van der Waals surface area contributed by atoms with Gasteiger partial charge < -0.3 is 33.3 Å². The molecule has 77 heavy (non-hydrogen) atoms. The number of rotatable bonds is 49. The molecule has 0 saturated carbocycles. The van der Waals surface area contributed by atoms with E-state index in [1.807, 2.05) is 33.3 Å². The monoisotopic (exact) mass is 1060 g/mol. The molecule has 0 aromatic rings. The third kappa shape index (κ3) is 57.7. The third-order valence-corrected chi connectivity index (χ3v) is 10.8. The SMILES string of the molecule is CC/C=C\C/C=C\C/C=C\C/C=C\C/C=C\C/C=C\C/C=C\C/C=C\C/C=C\CCCC(=O)OC(COC(=O)CCC/C=C\C/C=C\C/C=C\C/C=C\C/C=C\C/C=C\C/C=C\CC)COC(OCC[N+](C)(C)C)C(=O)[O-]. The molecule has 0 aliphatic carbocycles. The highest BCUT2D eigenvalue weighted by Gasteiger charge is 2.21. The summed E-state index contributed by atoms with van der Waals surface area (Å²) < 4.78 is 22.5. The molecule has 9 nitrogen and oxygen atoms in total. The highest BCUT2D eigenvalue weighted by Crippen LogP contribution is 2.09. The fourth-order valence-electron chi connectivity index (χ4n) is 6.52. The molecule has 9 heteroatoms. The molecule has 0 heterocycles. The van der Waals surface area contributed by atoms with E-state index in [0.29, 0.717) is 36.7 Å². The second-order valence-electron chi connectivity index (χ2n) is 19.1. The van der Waals surface area contributed by atoms with Gasteiger partial charge in [-0.2, -0.15) is 0 Å². The molecule has 0 aliphatic heterocycles. The number of carbonyl (C=O) groups is 3. The van der Waals surface area contributed by atoms with Gasteiger partial charge >= 0.3 is 11.9 Å². The van der Waals surface area contributed by atoms with Gasteiger partial charge in [0.25, 0.3) is 0 Å². The first-order chi connectivity index (χ1) is 37.6. The van der Waals surface area contributed by atoms with E-state index in [1.165, 1.54) is 0 Å². The molecular weight excluding hydrogens is 959 g/mol. The van der Waals surface area contributed by atoms with Crippen molar-refractivity contribution >= 4 is 17.9 Å². The smallest absolute Gasteiger partial charge is 0.306 e. The summed E-state index contributed by atoms with van der Waals surface area (Å²) in [5.74, 6) is -2.48. The van der Waals surface area contributed by atoms with Gasteiger partial charge in [0.2, 0.25) is 0 Å². The van der Waals surface area contributed by atoms with Crippen LogP contribution in [0.25, 0.3) is 0 Å². The summed E-state index contributed by atoms with van der Waals surface area (Å²) in [5, 5.41) is 11.8. The van der Waals surface area contributed by atoms with E-state index < -0.39 is 30.3 Å². The minimum atomic E-state index is -1.67. The quantitative estimate of drug-likeness (QED) is 0.0195. The lowest BCUT2D eigenvalue weighted by Crippen LogP contribution is -2.44.